The van der Waals surface area contributed by atoms with Crippen LogP contribution in [-0.4, -0.2) is 36.1 Å². The van der Waals surface area contributed by atoms with Crippen LogP contribution in [-0.2, 0) is 4.79 Å². The van der Waals surface area contributed by atoms with Crippen molar-refractivity contribution in [2.75, 3.05) is 19.8 Å². The van der Waals surface area contributed by atoms with Crippen LogP contribution in [0.4, 0.5) is 0 Å². The van der Waals surface area contributed by atoms with Crippen molar-refractivity contribution < 1.29 is 9.90 Å². The molecule has 1 rings (SSSR count). The molecule has 0 aromatic rings. The van der Waals surface area contributed by atoms with Crippen LogP contribution in [0.2, 0.25) is 0 Å². The second-order valence-corrected chi connectivity index (χ2v) is 2.65. The van der Waals surface area contributed by atoms with E-state index in [1.807, 2.05) is 11.2 Å². The van der Waals surface area contributed by atoms with Crippen molar-refractivity contribution in [3.63, 3.8) is 0 Å². The first-order chi connectivity index (χ1) is 4.86. The van der Waals surface area contributed by atoms with E-state index in [0.29, 0.717) is 0 Å². The van der Waals surface area contributed by atoms with Crippen molar-refractivity contribution in [3.05, 3.63) is 0 Å². The molecular formula is C7H12NO2. The Hall–Kier alpha value is -0.410. The number of carbonyl (C=O) groups excluding carboxylic acids is 1. The fourth-order valence-corrected chi connectivity index (χ4v) is 1.19. The van der Waals surface area contributed by atoms with Gasteiger partial charge in [-0.2, -0.15) is 0 Å². The Kier molecular flexibility index (Phi) is 2.83. The van der Waals surface area contributed by atoms with Crippen LogP contribution in [0.3, 0.4) is 0 Å². The fraction of sp³-hybridized carbons (Fsp3) is 0.857. The van der Waals surface area contributed by atoms with E-state index in [4.69, 9.17) is 5.11 Å². The van der Waals surface area contributed by atoms with E-state index in [1.165, 1.54) is 0 Å². The second-order valence-electron chi connectivity index (χ2n) is 2.65. The number of rotatable bonds is 2. The molecule has 1 N–H and O–H groups in total. The third kappa shape index (κ3) is 1.78. The molecule has 0 bridgehead atoms. The van der Waals surface area contributed by atoms with Crippen molar-refractivity contribution in [2.45, 2.75) is 12.8 Å². The quantitative estimate of drug-likeness (QED) is 0.578. The number of aliphatic hydroxyl groups is 1. The molecule has 0 unspecified atom stereocenters. The monoisotopic (exact) mass is 142 g/mol. The number of piperidine rings is 1. The molecule has 57 valence electrons. The number of hydrogen-bond donors (Lipinski definition) is 1. The van der Waals surface area contributed by atoms with Gasteiger partial charge >= 0.3 is 0 Å². The summed E-state index contributed by atoms with van der Waals surface area (Å²) in [6.07, 6.45) is 3.69. The summed E-state index contributed by atoms with van der Waals surface area (Å²) < 4.78 is 0. The van der Waals surface area contributed by atoms with Crippen LogP contribution >= 0.6 is 0 Å². The standard InChI is InChI=1S/C7H12NO2/c9-5-7-1-3-8(6-10)4-2-7/h7,10H,1-4,6H2. The zero-order chi connectivity index (χ0) is 7.40. The van der Waals surface area contributed by atoms with Gasteiger partial charge in [-0.15, -0.1) is 0 Å². The maximum absolute atomic E-state index is 10.1. The Bertz CT molecular complexity index is 108. The topological polar surface area (TPSA) is 40.5 Å². The molecular weight excluding hydrogens is 130 g/mol. The molecule has 0 spiro atoms. The smallest absolute Gasteiger partial charge is 0.201 e. The van der Waals surface area contributed by atoms with Crippen molar-refractivity contribution >= 4 is 6.29 Å². The van der Waals surface area contributed by atoms with E-state index < -0.39 is 0 Å². The second kappa shape index (κ2) is 3.68. The molecule has 1 radical (unpaired) electrons. The summed E-state index contributed by atoms with van der Waals surface area (Å²) in [6.45, 7) is 1.78. The molecule has 0 amide bonds. The summed E-state index contributed by atoms with van der Waals surface area (Å²) in [4.78, 5) is 12.1. The Morgan fingerprint density at radius 2 is 2.10 bits per heavy atom. The first kappa shape index (κ1) is 7.69. The summed E-state index contributed by atoms with van der Waals surface area (Å²) in [6, 6.07) is 0. The van der Waals surface area contributed by atoms with Gasteiger partial charge in [-0.3, -0.25) is 9.69 Å². The fourth-order valence-electron chi connectivity index (χ4n) is 1.19. The first-order valence-corrected chi connectivity index (χ1v) is 3.57. The molecule has 3 nitrogen and oxygen atoms in total. The van der Waals surface area contributed by atoms with E-state index in [1.54, 1.807) is 0 Å². The minimum Gasteiger partial charge on any atom is -0.381 e. The molecule has 1 aliphatic rings. The molecule has 1 fully saturated rings. The average Bonchev–Trinajstić information content (AvgIpc) is 2.05. The highest BCUT2D eigenvalue weighted by Crippen LogP contribution is 2.13. The lowest BCUT2D eigenvalue weighted by Gasteiger charge is -2.26. The molecule has 0 atom stereocenters. The molecule has 0 saturated carbocycles. The van der Waals surface area contributed by atoms with Gasteiger partial charge in [0.25, 0.3) is 0 Å². The zero-order valence-corrected chi connectivity index (χ0v) is 5.92. The SMILES string of the molecule is O=[C]C1CCN(CO)CC1. The Balaban J connectivity index is 2.23. The molecule has 0 aliphatic carbocycles. The summed E-state index contributed by atoms with van der Waals surface area (Å²) in [5, 5.41) is 8.68. The summed E-state index contributed by atoms with van der Waals surface area (Å²) in [5.41, 5.74) is 0. The van der Waals surface area contributed by atoms with Gasteiger partial charge in [0.1, 0.15) is 0 Å². The normalized spacial score (nSPS) is 22.9. The minimum atomic E-state index is 0.114. The lowest BCUT2D eigenvalue weighted by atomic mass is 9.99. The molecule has 0 aromatic heterocycles. The first-order valence-electron chi connectivity index (χ1n) is 3.57. The highest BCUT2D eigenvalue weighted by atomic mass is 16.3. The maximum Gasteiger partial charge on any atom is 0.201 e. The zero-order valence-electron chi connectivity index (χ0n) is 5.92. The average molecular weight is 142 g/mol. The van der Waals surface area contributed by atoms with E-state index in [-0.39, 0.29) is 12.6 Å². The van der Waals surface area contributed by atoms with Crippen molar-refractivity contribution in [1.82, 2.24) is 4.90 Å². The van der Waals surface area contributed by atoms with Gasteiger partial charge in [0, 0.05) is 19.0 Å². The summed E-state index contributed by atoms with van der Waals surface area (Å²) >= 11 is 0. The van der Waals surface area contributed by atoms with Crippen LogP contribution in [0.5, 0.6) is 0 Å². The lowest BCUT2D eigenvalue weighted by molar-refractivity contribution is 0.0820. The summed E-state index contributed by atoms with van der Waals surface area (Å²) in [7, 11) is 0. The third-order valence-corrected chi connectivity index (χ3v) is 1.95. The van der Waals surface area contributed by atoms with Crippen LogP contribution in [0, 0.1) is 5.92 Å². The van der Waals surface area contributed by atoms with Gasteiger partial charge in [0.05, 0.1) is 6.73 Å². The predicted octanol–water partition coefficient (Wildman–Crippen LogP) is -0.242. The highest BCUT2D eigenvalue weighted by molar-refractivity contribution is 5.54. The lowest BCUT2D eigenvalue weighted by Crippen LogP contribution is -2.34. The third-order valence-electron chi connectivity index (χ3n) is 1.95. The Labute approximate surface area is 60.6 Å². The van der Waals surface area contributed by atoms with Crippen LogP contribution in [0.15, 0.2) is 0 Å². The van der Waals surface area contributed by atoms with Crippen molar-refractivity contribution in [3.8, 4) is 0 Å². The van der Waals surface area contributed by atoms with Crippen LogP contribution in [0.25, 0.3) is 0 Å². The number of hydrogen-bond acceptors (Lipinski definition) is 3. The number of aliphatic hydroxyl groups excluding tert-OH is 1. The van der Waals surface area contributed by atoms with Crippen molar-refractivity contribution in [1.29, 1.82) is 0 Å². The van der Waals surface area contributed by atoms with Crippen LogP contribution < -0.4 is 0 Å². The Morgan fingerprint density at radius 1 is 1.50 bits per heavy atom. The van der Waals surface area contributed by atoms with Gasteiger partial charge in [0.2, 0.25) is 6.29 Å². The van der Waals surface area contributed by atoms with Gasteiger partial charge in [0.15, 0.2) is 0 Å². The van der Waals surface area contributed by atoms with E-state index in [9.17, 15) is 4.79 Å². The number of nitrogens with zero attached hydrogens (tertiary/aromatic N) is 1. The van der Waals surface area contributed by atoms with Gasteiger partial charge in [-0.05, 0) is 12.8 Å². The van der Waals surface area contributed by atoms with Gasteiger partial charge < -0.3 is 5.11 Å². The molecule has 3 heteroatoms. The van der Waals surface area contributed by atoms with Gasteiger partial charge in [-0.1, -0.05) is 0 Å². The molecule has 10 heavy (non-hydrogen) atoms. The predicted molar refractivity (Wildman–Crippen MR) is 37.1 cm³/mol. The highest BCUT2D eigenvalue weighted by Gasteiger charge is 2.17. The minimum absolute atomic E-state index is 0.114. The molecule has 1 saturated heterocycles. The number of likely N-dealkylation sites (tertiary alicyclic amines) is 1. The van der Waals surface area contributed by atoms with Gasteiger partial charge in [-0.25, -0.2) is 0 Å². The maximum atomic E-state index is 10.1. The van der Waals surface area contributed by atoms with Crippen LogP contribution in [0.1, 0.15) is 12.8 Å². The largest absolute Gasteiger partial charge is 0.381 e. The van der Waals surface area contributed by atoms with E-state index >= 15 is 0 Å². The summed E-state index contributed by atoms with van der Waals surface area (Å²) in [5.74, 6) is 0.114. The molecule has 0 aromatic carbocycles. The van der Waals surface area contributed by atoms with E-state index in [2.05, 4.69) is 0 Å². The van der Waals surface area contributed by atoms with Crippen molar-refractivity contribution in [2.24, 2.45) is 5.92 Å². The molecule has 1 heterocycles. The Morgan fingerprint density at radius 3 is 2.50 bits per heavy atom. The molecule has 1 aliphatic heterocycles. The van der Waals surface area contributed by atoms with E-state index in [0.717, 1.165) is 25.9 Å².